The number of aryl methyl sites for hydroxylation is 1. The van der Waals surface area contributed by atoms with Crippen molar-refractivity contribution in [3.63, 3.8) is 0 Å². The van der Waals surface area contributed by atoms with Crippen LogP contribution in [0.5, 0.6) is 0 Å². The zero-order valence-electron chi connectivity index (χ0n) is 11.3. The molecule has 1 aliphatic rings. The van der Waals surface area contributed by atoms with Crippen molar-refractivity contribution < 1.29 is 4.79 Å². The number of nitrogens with one attached hydrogen (secondary N) is 1. The lowest BCUT2D eigenvalue weighted by molar-refractivity contribution is -0.120. The van der Waals surface area contributed by atoms with E-state index in [9.17, 15) is 4.79 Å². The summed E-state index contributed by atoms with van der Waals surface area (Å²) >= 11 is 3.46. The van der Waals surface area contributed by atoms with E-state index < -0.39 is 0 Å². The molecule has 104 valence electrons. The Morgan fingerprint density at radius 2 is 2.26 bits per heavy atom. The van der Waals surface area contributed by atoms with Gasteiger partial charge in [-0.3, -0.25) is 4.79 Å². The van der Waals surface area contributed by atoms with E-state index in [2.05, 4.69) is 34.2 Å². The van der Waals surface area contributed by atoms with Gasteiger partial charge in [-0.25, -0.2) is 0 Å². The van der Waals surface area contributed by atoms with Gasteiger partial charge in [0, 0.05) is 22.1 Å². The van der Waals surface area contributed by atoms with Crippen molar-refractivity contribution >= 4 is 27.5 Å². The summed E-state index contributed by atoms with van der Waals surface area (Å²) in [5, 5.41) is 3.06. The molecule has 3 N–H and O–H groups in total. The first-order valence-electron chi connectivity index (χ1n) is 6.95. The highest BCUT2D eigenvalue weighted by Crippen LogP contribution is 2.26. The van der Waals surface area contributed by atoms with Gasteiger partial charge in [-0.2, -0.15) is 0 Å². The lowest BCUT2D eigenvalue weighted by atomic mass is 9.85. The van der Waals surface area contributed by atoms with Crippen molar-refractivity contribution in [1.82, 2.24) is 0 Å². The first-order valence-corrected chi connectivity index (χ1v) is 7.74. The Balaban J connectivity index is 2.06. The molecule has 3 nitrogen and oxygen atoms in total. The van der Waals surface area contributed by atoms with Gasteiger partial charge in [0.25, 0.3) is 0 Å². The van der Waals surface area contributed by atoms with Gasteiger partial charge >= 0.3 is 0 Å². The van der Waals surface area contributed by atoms with E-state index in [1.807, 2.05) is 12.1 Å². The highest BCUT2D eigenvalue weighted by atomic mass is 79.9. The molecule has 1 amide bonds. The van der Waals surface area contributed by atoms with Crippen LogP contribution in [0.15, 0.2) is 22.7 Å². The number of hydrogen-bond acceptors (Lipinski definition) is 2. The summed E-state index contributed by atoms with van der Waals surface area (Å²) in [5.74, 6) is 0.185. The van der Waals surface area contributed by atoms with Crippen LogP contribution in [-0.2, 0) is 11.2 Å². The van der Waals surface area contributed by atoms with Crippen molar-refractivity contribution in [2.24, 2.45) is 11.7 Å². The first kappa shape index (κ1) is 14.5. The molecular formula is C15H21BrN2O. The Labute approximate surface area is 123 Å². The zero-order chi connectivity index (χ0) is 13.8. The summed E-state index contributed by atoms with van der Waals surface area (Å²) in [6, 6.07) is 6.16. The van der Waals surface area contributed by atoms with Crippen LogP contribution >= 0.6 is 15.9 Å². The van der Waals surface area contributed by atoms with E-state index in [4.69, 9.17) is 5.73 Å². The summed E-state index contributed by atoms with van der Waals surface area (Å²) in [4.78, 5) is 12.3. The van der Waals surface area contributed by atoms with Crippen LogP contribution in [0.3, 0.4) is 0 Å². The number of anilines is 1. The third kappa shape index (κ3) is 3.80. The van der Waals surface area contributed by atoms with Gasteiger partial charge in [0.05, 0.1) is 0 Å². The molecule has 1 aromatic rings. The van der Waals surface area contributed by atoms with Crippen LogP contribution < -0.4 is 11.1 Å². The van der Waals surface area contributed by atoms with Crippen LogP contribution in [0.2, 0.25) is 0 Å². The van der Waals surface area contributed by atoms with Crippen molar-refractivity contribution in [3.05, 3.63) is 28.2 Å². The van der Waals surface area contributed by atoms with E-state index in [0.717, 1.165) is 47.8 Å². The highest BCUT2D eigenvalue weighted by molar-refractivity contribution is 9.10. The second-order valence-electron chi connectivity index (χ2n) is 5.27. The van der Waals surface area contributed by atoms with E-state index in [0.29, 0.717) is 0 Å². The lowest BCUT2D eigenvalue weighted by Crippen LogP contribution is -2.34. The highest BCUT2D eigenvalue weighted by Gasteiger charge is 2.25. The molecule has 0 bridgehead atoms. The Hall–Kier alpha value is -0.870. The van der Waals surface area contributed by atoms with Crippen LogP contribution in [0.4, 0.5) is 5.69 Å². The average molecular weight is 325 g/mol. The Bertz CT molecular complexity index is 461. The van der Waals surface area contributed by atoms with E-state index in [1.54, 1.807) is 0 Å². The van der Waals surface area contributed by atoms with Gasteiger partial charge in [0.15, 0.2) is 0 Å². The van der Waals surface area contributed by atoms with Crippen molar-refractivity contribution in [2.75, 3.05) is 5.32 Å². The maximum Gasteiger partial charge on any atom is 0.227 e. The predicted octanol–water partition coefficient (Wildman–Crippen LogP) is 3.47. The summed E-state index contributed by atoms with van der Waals surface area (Å²) in [6.45, 7) is 2.09. The SMILES string of the molecule is CCc1cc(Br)ccc1NC(=O)C1CCCC(N)C1. The molecule has 1 aromatic carbocycles. The third-order valence-electron chi connectivity index (χ3n) is 3.79. The summed E-state index contributed by atoms with van der Waals surface area (Å²) in [6.07, 6.45) is 4.77. The van der Waals surface area contributed by atoms with Gasteiger partial charge in [0.1, 0.15) is 0 Å². The molecule has 0 saturated heterocycles. The molecule has 0 heterocycles. The Morgan fingerprint density at radius 3 is 2.95 bits per heavy atom. The fraction of sp³-hybridized carbons (Fsp3) is 0.533. The number of rotatable bonds is 3. The molecule has 2 atom stereocenters. The molecule has 19 heavy (non-hydrogen) atoms. The summed E-state index contributed by atoms with van der Waals surface area (Å²) in [7, 11) is 0. The molecule has 0 aromatic heterocycles. The fourth-order valence-corrected chi connectivity index (χ4v) is 3.09. The maximum absolute atomic E-state index is 12.3. The van der Waals surface area contributed by atoms with Gasteiger partial charge in [-0.05, 0) is 49.4 Å². The minimum Gasteiger partial charge on any atom is -0.328 e. The molecule has 2 rings (SSSR count). The van der Waals surface area contributed by atoms with Crippen LogP contribution in [0.25, 0.3) is 0 Å². The van der Waals surface area contributed by atoms with Crippen LogP contribution in [-0.4, -0.2) is 11.9 Å². The lowest BCUT2D eigenvalue weighted by Gasteiger charge is -2.26. The normalized spacial score (nSPS) is 23.1. The number of halogens is 1. The number of nitrogens with two attached hydrogens (primary N) is 1. The summed E-state index contributed by atoms with van der Waals surface area (Å²) in [5.41, 5.74) is 8.03. The topological polar surface area (TPSA) is 55.1 Å². The number of amides is 1. The minimum absolute atomic E-state index is 0.0668. The van der Waals surface area contributed by atoms with Gasteiger partial charge in [-0.1, -0.05) is 29.3 Å². The van der Waals surface area contributed by atoms with Crippen molar-refractivity contribution in [2.45, 2.75) is 45.1 Å². The molecule has 0 aliphatic heterocycles. The van der Waals surface area contributed by atoms with E-state index in [1.165, 1.54) is 0 Å². The molecular weight excluding hydrogens is 304 g/mol. The molecule has 1 fully saturated rings. The molecule has 0 radical (unpaired) electrons. The second-order valence-corrected chi connectivity index (χ2v) is 6.18. The largest absolute Gasteiger partial charge is 0.328 e. The Morgan fingerprint density at radius 1 is 1.47 bits per heavy atom. The van der Waals surface area contributed by atoms with Gasteiger partial charge < -0.3 is 11.1 Å². The molecule has 1 aliphatic carbocycles. The number of benzene rings is 1. The Kier molecular flexibility index (Phi) is 4.99. The van der Waals surface area contributed by atoms with Gasteiger partial charge in [-0.15, -0.1) is 0 Å². The van der Waals surface area contributed by atoms with E-state index in [-0.39, 0.29) is 17.9 Å². The minimum atomic E-state index is 0.0668. The van der Waals surface area contributed by atoms with Crippen LogP contribution in [0, 0.1) is 5.92 Å². The molecule has 0 spiro atoms. The standard InChI is InChI=1S/C15H21BrN2O/c1-2-10-8-12(16)6-7-14(10)18-15(19)11-4-3-5-13(17)9-11/h6-8,11,13H,2-5,9,17H2,1H3,(H,18,19). The monoisotopic (exact) mass is 324 g/mol. The molecule has 1 saturated carbocycles. The number of carbonyl (C=O) groups excluding carboxylic acids is 1. The van der Waals surface area contributed by atoms with Crippen molar-refractivity contribution in [1.29, 1.82) is 0 Å². The van der Waals surface area contributed by atoms with Crippen molar-refractivity contribution in [3.8, 4) is 0 Å². The van der Waals surface area contributed by atoms with E-state index >= 15 is 0 Å². The molecule has 2 unspecified atom stereocenters. The summed E-state index contributed by atoms with van der Waals surface area (Å²) < 4.78 is 1.04. The first-order chi connectivity index (χ1) is 9.10. The quantitative estimate of drug-likeness (QED) is 0.894. The predicted molar refractivity (Wildman–Crippen MR) is 82.1 cm³/mol. The third-order valence-corrected chi connectivity index (χ3v) is 4.28. The smallest absolute Gasteiger partial charge is 0.227 e. The number of hydrogen-bond donors (Lipinski definition) is 2. The second kappa shape index (κ2) is 6.53. The fourth-order valence-electron chi connectivity index (χ4n) is 2.68. The van der Waals surface area contributed by atoms with Crippen LogP contribution in [0.1, 0.15) is 38.2 Å². The maximum atomic E-state index is 12.3. The number of carbonyl (C=O) groups is 1. The molecule has 4 heteroatoms. The van der Waals surface area contributed by atoms with Gasteiger partial charge in [0.2, 0.25) is 5.91 Å². The zero-order valence-corrected chi connectivity index (χ0v) is 12.9. The average Bonchev–Trinajstić information content (AvgIpc) is 2.40.